The minimum atomic E-state index is 0.373. The average Bonchev–Trinajstić information content (AvgIpc) is 2.49. The van der Waals surface area contributed by atoms with Gasteiger partial charge in [0.15, 0.2) is 0 Å². The van der Waals surface area contributed by atoms with E-state index in [1.165, 1.54) is 24.3 Å². The van der Waals surface area contributed by atoms with E-state index in [0.29, 0.717) is 17.9 Å². The van der Waals surface area contributed by atoms with Crippen LogP contribution in [0.25, 0.3) is 0 Å². The predicted molar refractivity (Wildman–Crippen MR) is 52.4 cm³/mol. The minimum Gasteiger partial charge on any atom is -0.396 e. The van der Waals surface area contributed by atoms with Gasteiger partial charge in [0, 0.05) is 25.6 Å². The highest BCUT2D eigenvalue weighted by Crippen LogP contribution is 2.43. The van der Waals surface area contributed by atoms with E-state index in [1.807, 2.05) is 0 Å². The first kappa shape index (κ1) is 8.85. The molecule has 0 amide bonds. The summed E-state index contributed by atoms with van der Waals surface area (Å²) >= 11 is 2.06. The minimum absolute atomic E-state index is 0.373. The summed E-state index contributed by atoms with van der Waals surface area (Å²) in [7, 11) is 0. The highest BCUT2D eigenvalue weighted by atomic mass is 32.2. The molecule has 2 nitrogen and oxygen atoms in total. The van der Waals surface area contributed by atoms with E-state index in [4.69, 9.17) is 0 Å². The third kappa shape index (κ3) is 1.38. The third-order valence-electron chi connectivity index (χ3n) is 3.44. The van der Waals surface area contributed by atoms with Crippen molar-refractivity contribution in [3.63, 3.8) is 0 Å². The van der Waals surface area contributed by atoms with Gasteiger partial charge in [0.25, 0.3) is 0 Å². The third-order valence-corrected chi connectivity index (χ3v) is 4.43. The lowest BCUT2D eigenvalue weighted by Crippen LogP contribution is -2.35. The molecular weight excluding hydrogens is 170 g/mol. The first-order valence-electron chi connectivity index (χ1n) is 4.77. The molecule has 0 bridgehead atoms. The maximum absolute atomic E-state index is 9.24. The van der Waals surface area contributed by atoms with Crippen LogP contribution in [-0.2, 0) is 0 Å². The van der Waals surface area contributed by atoms with E-state index in [9.17, 15) is 5.11 Å². The molecule has 2 N–H and O–H groups in total. The predicted octanol–water partition coefficient (Wildman–Crippen LogP) is 0.711. The van der Waals surface area contributed by atoms with Crippen molar-refractivity contribution < 1.29 is 5.11 Å². The van der Waals surface area contributed by atoms with E-state index < -0.39 is 0 Å². The van der Waals surface area contributed by atoms with Crippen LogP contribution in [0.5, 0.6) is 0 Å². The van der Waals surface area contributed by atoms with Crippen molar-refractivity contribution >= 4 is 11.8 Å². The standard InChI is InChI=1S/C9H17NOS/c11-6-8-5-10-7-9(8)1-3-12-4-2-9/h8,10-11H,1-7H2. The lowest BCUT2D eigenvalue weighted by Gasteiger charge is -2.37. The smallest absolute Gasteiger partial charge is 0.0477 e. The van der Waals surface area contributed by atoms with Gasteiger partial charge >= 0.3 is 0 Å². The summed E-state index contributed by atoms with van der Waals surface area (Å²) in [5.74, 6) is 3.11. The average molecular weight is 187 g/mol. The number of hydrogen-bond acceptors (Lipinski definition) is 3. The Morgan fingerprint density at radius 1 is 1.42 bits per heavy atom. The van der Waals surface area contributed by atoms with Crippen LogP contribution in [0.1, 0.15) is 12.8 Å². The van der Waals surface area contributed by atoms with Crippen LogP contribution >= 0.6 is 11.8 Å². The first-order valence-corrected chi connectivity index (χ1v) is 5.92. The molecule has 1 unspecified atom stereocenters. The summed E-state index contributed by atoms with van der Waals surface area (Å²) in [6, 6.07) is 0. The molecule has 0 aliphatic carbocycles. The Balaban J connectivity index is 2.05. The number of aliphatic hydroxyl groups excluding tert-OH is 1. The summed E-state index contributed by atoms with van der Waals surface area (Å²) in [5, 5.41) is 12.7. The number of rotatable bonds is 1. The fourth-order valence-corrected chi connectivity index (χ4v) is 3.78. The molecule has 2 aliphatic heterocycles. The maximum Gasteiger partial charge on any atom is 0.0477 e. The van der Waals surface area contributed by atoms with Gasteiger partial charge < -0.3 is 10.4 Å². The van der Waals surface area contributed by atoms with E-state index >= 15 is 0 Å². The van der Waals surface area contributed by atoms with Gasteiger partial charge in [0.05, 0.1) is 0 Å². The number of nitrogens with one attached hydrogen (secondary N) is 1. The fourth-order valence-electron chi connectivity index (χ4n) is 2.48. The molecule has 2 fully saturated rings. The summed E-state index contributed by atoms with van der Waals surface area (Å²) < 4.78 is 0. The summed E-state index contributed by atoms with van der Waals surface area (Å²) in [6.45, 7) is 2.54. The molecule has 0 radical (unpaired) electrons. The molecule has 70 valence electrons. The topological polar surface area (TPSA) is 32.3 Å². The molecule has 12 heavy (non-hydrogen) atoms. The molecule has 2 heterocycles. The van der Waals surface area contributed by atoms with Crippen molar-refractivity contribution in [1.29, 1.82) is 0 Å². The first-order chi connectivity index (χ1) is 5.87. The van der Waals surface area contributed by atoms with Gasteiger partial charge in [-0.1, -0.05) is 0 Å². The fraction of sp³-hybridized carbons (Fsp3) is 1.00. The van der Waals surface area contributed by atoms with Crippen molar-refractivity contribution in [2.24, 2.45) is 11.3 Å². The monoisotopic (exact) mass is 187 g/mol. The zero-order valence-electron chi connectivity index (χ0n) is 7.38. The summed E-state index contributed by atoms with van der Waals surface area (Å²) in [6.07, 6.45) is 2.60. The molecule has 2 saturated heterocycles. The Kier molecular flexibility index (Phi) is 2.63. The van der Waals surface area contributed by atoms with Crippen LogP contribution in [0, 0.1) is 11.3 Å². The van der Waals surface area contributed by atoms with Gasteiger partial charge in [0.2, 0.25) is 0 Å². The quantitative estimate of drug-likeness (QED) is 0.634. The normalized spacial score (nSPS) is 34.2. The van der Waals surface area contributed by atoms with Crippen molar-refractivity contribution in [3.05, 3.63) is 0 Å². The summed E-state index contributed by atoms with van der Waals surface area (Å²) in [4.78, 5) is 0. The lowest BCUT2D eigenvalue weighted by atomic mass is 9.74. The maximum atomic E-state index is 9.24. The number of thioether (sulfide) groups is 1. The Morgan fingerprint density at radius 2 is 2.17 bits per heavy atom. The van der Waals surface area contributed by atoms with Gasteiger partial charge in [-0.3, -0.25) is 0 Å². The van der Waals surface area contributed by atoms with Crippen LogP contribution in [0.4, 0.5) is 0 Å². The van der Waals surface area contributed by atoms with Gasteiger partial charge in [-0.25, -0.2) is 0 Å². The Labute approximate surface area is 78.1 Å². The van der Waals surface area contributed by atoms with E-state index in [2.05, 4.69) is 17.1 Å². The lowest BCUT2D eigenvalue weighted by molar-refractivity contribution is 0.123. The molecular formula is C9H17NOS. The molecule has 3 heteroatoms. The van der Waals surface area contributed by atoms with Gasteiger partial charge in [-0.15, -0.1) is 0 Å². The van der Waals surface area contributed by atoms with Crippen LogP contribution in [-0.4, -0.2) is 36.3 Å². The van der Waals surface area contributed by atoms with E-state index in [-0.39, 0.29) is 0 Å². The Hall–Kier alpha value is 0.270. The number of aliphatic hydroxyl groups is 1. The second-order valence-electron chi connectivity index (χ2n) is 3.99. The second-order valence-corrected chi connectivity index (χ2v) is 5.21. The van der Waals surface area contributed by atoms with Gasteiger partial charge in [-0.2, -0.15) is 11.8 Å². The van der Waals surface area contributed by atoms with Crippen molar-refractivity contribution in [2.75, 3.05) is 31.2 Å². The highest BCUT2D eigenvalue weighted by molar-refractivity contribution is 7.99. The largest absolute Gasteiger partial charge is 0.396 e. The van der Waals surface area contributed by atoms with Crippen LogP contribution < -0.4 is 5.32 Å². The van der Waals surface area contributed by atoms with Gasteiger partial charge in [0.1, 0.15) is 0 Å². The second kappa shape index (κ2) is 3.56. The van der Waals surface area contributed by atoms with Crippen LogP contribution in [0.2, 0.25) is 0 Å². The van der Waals surface area contributed by atoms with Crippen molar-refractivity contribution in [3.8, 4) is 0 Å². The molecule has 2 rings (SSSR count). The zero-order chi connectivity index (χ0) is 8.44. The molecule has 0 aromatic carbocycles. The Morgan fingerprint density at radius 3 is 2.83 bits per heavy atom. The Bertz CT molecular complexity index is 157. The van der Waals surface area contributed by atoms with Crippen molar-refractivity contribution in [2.45, 2.75) is 12.8 Å². The SMILES string of the molecule is OCC1CNCC12CCSCC2. The highest BCUT2D eigenvalue weighted by Gasteiger charge is 2.42. The van der Waals surface area contributed by atoms with E-state index in [1.54, 1.807) is 0 Å². The molecule has 1 atom stereocenters. The molecule has 2 aliphatic rings. The molecule has 0 aromatic heterocycles. The molecule has 0 saturated carbocycles. The summed E-state index contributed by atoms with van der Waals surface area (Å²) in [5.41, 5.74) is 0.458. The molecule has 0 aromatic rings. The van der Waals surface area contributed by atoms with Crippen LogP contribution in [0.15, 0.2) is 0 Å². The molecule has 1 spiro atoms. The zero-order valence-corrected chi connectivity index (χ0v) is 8.20. The van der Waals surface area contributed by atoms with Crippen molar-refractivity contribution in [1.82, 2.24) is 5.32 Å². The van der Waals surface area contributed by atoms with E-state index in [0.717, 1.165) is 13.1 Å². The van der Waals surface area contributed by atoms with Crippen LogP contribution in [0.3, 0.4) is 0 Å². The number of hydrogen-bond donors (Lipinski definition) is 2. The van der Waals surface area contributed by atoms with Gasteiger partial charge in [-0.05, 0) is 29.8 Å².